The molecule has 1 rings (SSSR count). The van der Waals surface area contributed by atoms with Gasteiger partial charge in [-0.3, -0.25) is 0 Å². The van der Waals surface area contributed by atoms with E-state index in [1.165, 1.54) is 25.3 Å². The summed E-state index contributed by atoms with van der Waals surface area (Å²) in [4.78, 5) is 13.4. The molecule has 64 valence electrons. The molecule has 0 spiro atoms. The summed E-state index contributed by atoms with van der Waals surface area (Å²) in [6.45, 7) is 0. The lowest BCUT2D eigenvalue weighted by Crippen LogP contribution is -1.84. The first-order valence-corrected chi connectivity index (χ1v) is 3.48. The molecule has 0 fully saturated rings. The molecule has 4 nitrogen and oxygen atoms in total. The molecule has 0 aromatic heterocycles. The van der Waals surface area contributed by atoms with Crippen molar-refractivity contribution < 1.29 is 9.53 Å². The predicted molar refractivity (Wildman–Crippen MR) is 45.5 cm³/mol. The molecule has 0 radical (unpaired) electrons. The van der Waals surface area contributed by atoms with Crippen molar-refractivity contribution in [3.05, 3.63) is 23.8 Å². The van der Waals surface area contributed by atoms with Crippen LogP contribution in [-0.4, -0.2) is 13.2 Å². The molecule has 1 aromatic carbocycles. The summed E-state index contributed by atoms with van der Waals surface area (Å²) < 4.78 is 4.92. The van der Waals surface area contributed by atoms with E-state index in [0.29, 0.717) is 17.0 Å². The summed E-state index contributed by atoms with van der Waals surface area (Å²) in [5.74, 6) is 0.391. The second-order valence-electron chi connectivity index (χ2n) is 2.20. The zero-order valence-electron chi connectivity index (χ0n) is 6.94. The summed E-state index contributed by atoms with van der Waals surface area (Å²) in [5.41, 5.74) is 0.832. The van der Waals surface area contributed by atoms with E-state index in [9.17, 15) is 4.79 Å². The van der Waals surface area contributed by atoms with Crippen LogP contribution in [0.25, 0.3) is 0 Å². The first-order valence-electron chi connectivity index (χ1n) is 3.48. The van der Waals surface area contributed by atoms with Gasteiger partial charge in [-0.15, -0.1) is 0 Å². The van der Waals surface area contributed by atoms with E-state index < -0.39 is 0 Å². The number of hydrogen-bond acceptors (Lipinski definition) is 4. The first-order chi connectivity index (χ1) is 6.31. The van der Waals surface area contributed by atoms with Crippen molar-refractivity contribution in [1.82, 2.24) is 0 Å². The van der Waals surface area contributed by atoms with Crippen LogP contribution in [0.4, 0.5) is 5.69 Å². The van der Waals surface area contributed by atoms with Crippen LogP contribution in [0, 0.1) is 11.3 Å². The molecule has 0 aliphatic carbocycles. The van der Waals surface area contributed by atoms with Gasteiger partial charge < -0.3 is 4.74 Å². The third-order valence-electron chi connectivity index (χ3n) is 1.47. The first kappa shape index (κ1) is 8.98. The number of hydrogen-bond donors (Lipinski definition) is 0. The number of methoxy groups -OCH3 is 1. The van der Waals surface area contributed by atoms with Crippen molar-refractivity contribution in [2.75, 3.05) is 7.11 Å². The average molecular weight is 174 g/mol. The monoisotopic (exact) mass is 174 g/mol. The van der Waals surface area contributed by atoms with E-state index in [1.807, 2.05) is 6.07 Å². The summed E-state index contributed by atoms with van der Waals surface area (Å²) in [7, 11) is 1.44. The van der Waals surface area contributed by atoms with Gasteiger partial charge in [0.25, 0.3) is 0 Å². The predicted octanol–water partition coefficient (Wildman–Crippen LogP) is 1.53. The van der Waals surface area contributed by atoms with Gasteiger partial charge in [-0.25, -0.2) is 4.79 Å². The van der Waals surface area contributed by atoms with Crippen molar-refractivity contribution in [3.63, 3.8) is 0 Å². The molecule has 0 saturated heterocycles. The van der Waals surface area contributed by atoms with Crippen molar-refractivity contribution in [2.24, 2.45) is 4.99 Å². The zero-order valence-corrected chi connectivity index (χ0v) is 6.94. The standard InChI is InChI=1S/C9H6N2O2/c1-13-9-4-7(5-10)2-3-8(9)11-6-12/h2-4H,1H3. The third kappa shape index (κ3) is 1.92. The number of nitriles is 1. The van der Waals surface area contributed by atoms with Gasteiger partial charge >= 0.3 is 0 Å². The molecule has 0 bridgehead atoms. The maximum atomic E-state index is 9.98. The van der Waals surface area contributed by atoms with Crippen LogP contribution in [0.5, 0.6) is 5.75 Å². The largest absolute Gasteiger partial charge is 0.494 e. The molecule has 13 heavy (non-hydrogen) atoms. The smallest absolute Gasteiger partial charge is 0.240 e. The number of carbonyl (C=O) groups excluding carboxylic acids is 1. The molecule has 0 unspecified atom stereocenters. The quantitative estimate of drug-likeness (QED) is 0.504. The molecule has 1 aromatic rings. The fraction of sp³-hybridized carbons (Fsp3) is 0.111. The summed E-state index contributed by atoms with van der Waals surface area (Å²) in [6, 6.07) is 6.55. The number of isocyanates is 1. The molecule has 0 heterocycles. The van der Waals surface area contributed by atoms with Gasteiger partial charge in [0.2, 0.25) is 6.08 Å². The molecule has 0 saturated carbocycles. The highest BCUT2D eigenvalue weighted by atomic mass is 16.5. The Balaban J connectivity index is 3.24. The van der Waals surface area contributed by atoms with E-state index in [4.69, 9.17) is 10.00 Å². The van der Waals surface area contributed by atoms with Crippen molar-refractivity contribution in [3.8, 4) is 11.8 Å². The number of ether oxygens (including phenoxy) is 1. The van der Waals surface area contributed by atoms with E-state index in [-0.39, 0.29) is 0 Å². The van der Waals surface area contributed by atoms with Crippen molar-refractivity contribution >= 4 is 11.8 Å². The fourth-order valence-electron chi connectivity index (χ4n) is 0.889. The van der Waals surface area contributed by atoms with E-state index >= 15 is 0 Å². The molecular formula is C9H6N2O2. The maximum Gasteiger partial charge on any atom is 0.240 e. The van der Waals surface area contributed by atoms with Gasteiger partial charge in [-0.1, -0.05) is 0 Å². The van der Waals surface area contributed by atoms with E-state index in [1.54, 1.807) is 6.07 Å². The number of nitrogens with zero attached hydrogens (tertiary/aromatic N) is 2. The number of benzene rings is 1. The minimum Gasteiger partial charge on any atom is -0.494 e. The van der Waals surface area contributed by atoms with Gasteiger partial charge in [-0.05, 0) is 12.1 Å². The molecule has 0 aliphatic heterocycles. The van der Waals surface area contributed by atoms with Crippen molar-refractivity contribution in [2.45, 2.75) is 0 Å². The van der Waals surface area contributed by atoms with Crippen LogP contribution in [-0.2, 0) is 4.79 Å². The number of aliphatic imine (C=N–C) groups is 1. The summed E-state index contributed by atoms with van der Waals surface area (Å²) in [5, 5.41) is 8.56. The van der Waals surface area contributed by atoms with Gasteiger partial charge in [0, 0.05) is 6.07 Å². The summed E-state index contributed by atoms with van der Waals surface area (Å²) in [6.07, 6.45) is 1.41. The second kappa shape index (κ2) is 4.05. The Morgan fingerprint density at radius 2 is 2.31 bits per heavy atom. The highest BCUT2D eigenvalue weighted by Gasteiger charge is 2.02. The SMILES string of the molecule is COc1cc(C#N)ccc1N=C=O. The van der Waals surface area contributed by atoms with E-state index in [0.717, 1.165) is 0 Å². The molecule has 4 heteroatoms. The van der Waals surface area contributed by atoms with Gasteiger partial charge in [0.15, 0.2) is 0 Å². The molecular weight excluding hydrogens is 168 g/mol. The van der Waals surface area contributed by atoms with Crippen LogP contribution < -0.4 is 4.74 Å². The van der Waals surface area contributed by atoms with Crippen LogP contribution in [0.15, 0.2) is 23.2 Å². The van der Waals surface area contributed by atoms with Gasteiger partial charge in [-0.2, -0.15) is 10.3 Å². The Bertz CT molecular complexity index is 401. The Morgan fingerprint density at radius 3 is 2.85 bits per heavy atom. The van der Waals surface area contributed by atoms with Crippen LogP contribution in [0.2, 0.25) is 0 Å². The maximum absolute atomic E-state index is 9.98. The average Bonchev–Trinajstić information content (AvgIpc) is 2.19. The Hall–Kier alpha value is -2.11. The summed E-state index contributed by atoms with van der Waals surface area (Å²) >= 11 is 0. The molecule has 0 amide bonds. The van der Waals surface area contributed by atoms with Gasteiger partial charge in [0.05, 0.1) is 18.7 Å². The Kier molecular flexibility index (Phi) is 2.80. The molecule has 0 aliphatic rings. The minimum atomic E-state index is 0.372. The normalized spacial score (nSPS) is 8.31. The Labute approximate surface area is 75.1 Å². The van der Waals surface area contributed by atoms with E-state index in [2.05, 4.69) is 4.99 Å². The Morgan fingerprint density at radius 1 is 1.54 bits per heavy atom. The molecule has 0 N–H and O–H groups in total. The highest BCUT2D eigenvalue weighted by Crippen LogP contribution is 2.27. The zero-order chi connectivity index (χ0) is 9.68. The number of rotatable bonds is 2. The van der Waals surface area contributed by atoms with Gasteiger partial charge in [0.1, 0.15) is 11.4 Å². The molecule has 0 atom stereocenters. The minimum absolute atomic E-state index is 0.372. The highest BCUT2D eigenvalue weighted by molar-refractivity contribution is 5.59. The lowest BCUT2D eigenvalue weighted by Gasteiger charge is -2.01. The lowest BCUT2D eigenvalue weighted by molar-refractivity contribution is 0.416. The fourth-order valence-corrected chi connectivity index (χ4v) is 0.889. The van der Waals surface area contributed by atoms with Crippen LogP contribution in [0.1, 0.15) is 5.56 Å². The third-order valence-corrected chi connectivity index (χ3v) is 1.47. The van der Waals surface area contributed by atoms with Crippen LogP contribution >= 0.6 is 0 Å². The lowest BCUT2D eigenvalue weighted by atomic mass is 10.2. The topological polar surface area (TPSA) is 62.4 Å². The van der Waals surface area contributed by atoms with Crippen molar-refractivity contribution in [1.29, 1.82) is 5.26 Å². The van der Waals surface area contributed by atoms with Crippen LogP contribution in [0.3, 0.4) is 0 Å². The second-order valence-corrected chi connectivity index (χ2v) is 2.20.